The molecule has 0 aliphatic heterocycles. The Bertz CT molecular complexity index is 232. The minimum Gasteiger partial charge on any atom is -0.263 e. The van der Waals surface area contributed by atoms with Crippen LogP contribution in [0.5, 0.6) is 0 Å². The molecular formula is C7H3FN. The second kappa shape index (κ2) is 2.83. The second-order valence-corrected chi connectivity index (χ2v) is 1.37. The minimum absolute atomic E-state index is 0.472. The fraction of sp³-hybridized carbons (Fsp3) is 0. The van der Waals surface area contributed by atoms with Crippen LogP contribution in [0.2, 0.25) is 0 Å². The number of pyridine rings is 1. The van der Waals surface area contributed by atoms with Crippen LogP contribution in [0.4, 0.5) is 4.39 Å². The number of hydrogen-bond acceptors (Lipinski definition) is 1. The SMILES string of the molecule is FC#Cc1[c]ccnc1. The highest BCUT2D eigenvalue weighted by Crippen LogP contribution is 1.89. The fourth-order valence-electron chi connectivity index (χ4n) is 0.444. The molecule has 1 aromatic rings. The normalized spacial score (nSPS) is 7.67. The maximum Gasteiger partial charge on any atom is 0.111 e. The van der Waals surface area contributed by atoms with Crippen molar-refractivity contribution in [3.05, 3.63) is 30.1 Å². The van der Waals surface area contributed by atoms with Crippen molar-refractivity contribution in [3.8, 4) is 12.1 Å². The third kappa shape index (κ3) is 1.54. The summed E-state index contributed by atoms with van der Waals surface area (Å²) in [5.41, 5.74) is 0.472. The Labute approximate surface area is 52.5 Å². The van der Waals surface area contributed by atoms with Gasteiger partial charge in [-0.15, -0.1) is 4.39 Å². The molecule has 0 saturated heterocycles. The summed E-state index contributed by atoms with van der Waals surface area (Å²) < 4.78 is 11.3. The zero-order valence-corrected chi connectivity index (χ0v) is 4.56. The molecule has 0 saturated carbocycles. The van der Waals surface area contributed by atoms with E-state index >= 15 is 0 Å². The van der Waals surface area contributed by atoms with Gasteiger partial charge >= 0.3 is 0 Å². The van der Waals surface area contributed by atoms with E-state index in [1.165, 1.54) is 12.4 Å². The van der Waals surface area contributed by atoms with Gasteiger partial charge in [-0.25, -0.2) is 0 Å². The van der Waals surface area contributed by atoms with Gasteiger partial charge in [-0.1, -0.05) is 0 Å². The van der Waals surface area contributed by atoms with Crippen LogP contribution in [0.15, 0.2) is 18.5 Å². The number of aromatic nitrogens is 1. The van der Waals surface area contributed by atoms with Crippen molar-refractivity contribution in [2.24, 2.45) is 0 Å². The van der Waals surface area contributed by atoms with Crippen LogP contribution in [0.1, 0.15) is 5.56 Å². The van der Waals surface area contributed by atoms with Crippen molar-refractivity contribution in [2.75, 3.05) is 0 Å². The summed E-state index contributed by atoms with van der Waals surface area (Å²) in [5, 5.41) is 0. The molecule has 0 atom stereocenters. The van der Waals surface area contributed by atoms with Gasteiger partial charge < -0.3 is 0 Å². The molecule has 0 fully saturated rings. The van der Waals surface area contributed by atoms with Gasteiger partial charge in [-0.3, -0.25) is 4.98 Å². The van der Waals surface area contributed by atoms with E-state index in [9.17, 15) is 4.39 Å². The van der Waals surface area contributed by atoms with Gasteiger partial charge in [-0.2, -0.15) is 0 Å². The lowest BCUT2D eigenvalue weighted by Gasteiger charge is -1.81. The largest absolute Gasteiger partial charge is 0.263 e. The lowest BCUT2D eigenvalue weighted by Crippen LogP contribution is -1.73. The van der Waals surface area contributed by atoms with E-state index in [-0.39, 0.29) is 0 Å². The molecule has 1 aromatic heterocycles. The Morgan fingerprint density at radius 1 is 1.67 bits per heavy atom. The molecule has 2 heteroatoms. The standard InChI is InChI=1S/C7H3FN/c8-4-3-7-2-1-5-9-6-7/h1,5-6H. The van der Waals surface area contributed by atoms with Crippen molar-refractivity contribution in [1.82, 2.24) is 4.98 Å². The molecule has 43 valence electrons. The minimum atomic E-state index is 0.472. The molecule has 0 bridgehead atoms. The molecule has 0 spiro atoms. The van der Waals surface area contributed by atoms with E-state index < -0.39 is 0 Å². The van der Waals surface area contributed by atoms with Crippen molar-refractivity contribution >= 4 is 0 Å². The highest BCUT2D eigenvalue weighted by atomic mass is 19.1. The predicted octanol–water partition coefficient (Wildman–Crippen LogP) is 1.16. The van der Waals surface area contributed by atoms with Crippen LogP contribution in [0.3, 0.4) is 0 Å². The van der Waals surface area contributed by atoms with E-state index in [0.717, 1.165) is 0 Å². The number of hydrogen-bond donors (Lipinski definition) is 0. The summed E-state index contributed by atoms with van der Waals surface area (Å²) >= 11 is 0. The van der Waals surface area contributed by atoms with E-state index in [4.69, 9.17) is 0 Å². The average Bonchev–Trinajstić information content (AvgIpc) is 1.91. The molecule has 0 aliphatic rings. The topological polar surface area (TPSA) is 12.9 Å². The maximum atomic E-state index is 11.3. The zero-order valence-electron chi connectivity index (χ0n) is 4.56. The summed E-state index contributed by atoms with van der Waals surface area (Å²) in [6.07, 6.45) is 4.27. The molecule has 0 aliphatic carbocycles. The van der Waals surface area contributed by atoms with E-state index in [1.54, 1.807) is 12.3 Å². The lowest BCUT2D eigenvalue weighted by atomic mass is 10.3. The van der Waals surface area contributed by atoms with Gasteiger partial charge in [0.05, 0.1) is 5.56 Å². The maximum absolute atomic E-state index is 11.3. The molecule has 1 rings (SSSR count). The van der Waals surface area contributed by atoms with Crippen LogP contribution in [0, 0.1) is 18.2 Å². The van der Waals surface area contributed by atoms with Crippen LogP contribution in [-0.2, 0) is 0 Å². The summed E-state index contributed by atoms with van der Waals surface area (Å²) in [6.45, 7) is 0. The number of nitrogens with zero attached hydrogens (tertiary/aromatic N) is 1. The van der Waals surface area contributed by atoms with Gasteiger partial charge in [-0.05, 0) is 12.0 Å². The lowest BCUT2D eigenvalue weighted by molar-refractivity contribution is 0.773. The summed E-state index contributed by atoms with van der Waals surface area (Å²) in [4.78, 5) is 3.70. The molecule has 0 N–H and O–H groups in total. The smallest absolute Gasteiger partial charge is 0.111 e. The highest BCUT2D eigenvalue weighted by Gasteiger charge is 1.80. The highest BCUT2D eigenvalue weighted by molar-refractivity contribution is 5.27. The predicted molar refractivity (Wildman–Crippen MR) is 31.1 cm³/mol. The van der Waals surface area contributed by atoms with E-state index in [1.807, 2.05) is 0 Å². The monoisotopic (exact) mass is 120 g/mol. The summed E-state index contributed by atoms with van der Waals surface area (Å²) in [7, 11) is 0. The molecule has 1 radical (unpaired) electrons. The van der Waals surface area contributed by atoms with Crippen LogP contribution >= 0.6 is 0 Å². The Kier molecular flexibility index (Phi) is 1.81. The van der Waals surface area contributed by atoms with Crippen LogP contribution in [0.25, 0.3) is 0 Å². The van der Waals surface area contributed by atoms with Gasteiger partial charge in [0.2, 0.25) is 0 Å². The third-order valence-corrected chi connectivity index (χ3v) is 0.785. The van der Waals surface area contributed by atoms with Crippen LogP contribution < -0.4 is 0 Å². The first-order valence-electron chi connectivity index (χ1n) is 2.37. The van der Waals surface area contributed by atoms with Crippen molar-refractivity contribution in [1.29, 1.82) is 0 Å². The summed E-state index contributed by atoms with van der Waals surface area (Å²) in [5.74, 6) is 2.17. The molecule has 9 heavy (non-hydrogen) atoms. The first-order valence-corrected chi connectivity index (χ1v) is 2.37. The molecule has 1 heterocycles. The van der Waals surface area contributed by atoms with Gasteiger partial charge in [0.15, 0.2) is 0 Å². The Hall–Kier alpha value is -1.36. The average molecular weight is 120 g/mol. The van der Waals surface area contributed by atoms with Gasteiger partial charge in [0.1, 0.15) is 6.17 Å². The molecule has 0 amide bonds. The fourth-order valence-corrected chi connectivity index (χ4v) is 0.444. The van der Waals surface area contributed by atoms with Crippen molar-refractivity contribution < 1.29 is 4.39 Å². The van der Waals surface area contributed by atoms with Crippen molar-refractivity contribution in [3.63, 3.8) is 0 Å². The second-order valence-electron chi connectivity index (χ2n) is 1.37. The Morgan fingerprint density at radius 3 is 3.11 bits per heavy atom. The Morgan fingerprint density at radius 2 is 2.56 bits per heavy atom. The van der Waals surface area contributed by atoms with E-state index in [0.29, 0.717) is 5.56 Å². The number of halogens is 1. The van der Waals surface area contributed by atoms with Crippen molar-refractivity contribution in [2.45, 2.75) is 0 Å². The molecular weight excluding hydrogens is 117 g/mol. The third-order valence-electron chi connectivity index (χ3n) is 0.785. The van der Waals surface area contributed by atoms with E-state index in [2.05, 4.69) is 17.0 Å². The molecule has 1 nitrogen and oxygen atoms in total. The zero-order chi connectivity index (χ0) is 6.53. The first-order chi connectivity index (χ1) is 4.43. The molecule has 0 unspecified atom stereocenters. The van der Waals surface area contributed by atoms with Crippen LogP contribution in [-0.4, -0.2) is 4.98 Å². The Balaban J connectivity index is 2.94. The van der Waals surface area contributed by atoms with Gasteiger partial charge in [0, 0.05) is 18.5 Å². The number of rotatable bonds is 0. The molecule has 0 aromatic carbocycles. The summed E-state index contributed by atoms with van der Waals surface area (Å²) in [6, 6.07) is 4.28. The quantitative estimate of drug-likeness (QED) is 0.468. The van der Waals surface area contributed by atoms with Gasteiger partial charge in [0.25, 0.3) is 0 Å². The first kappa shape index (κ1) is 5.77.